The lowest BCUT2D eigenvalue weighted by atomic mass is 9.71. The van der Waals surface area contributed by atoms with Gasteiger partial charge >= 0.3 is 0 Å². The Balaban J connectivity index is 1.34. The van der Waals surface area contributed by atoms with Crippen molar-refractivity contribution in [2.45, 2.75) is 12.5 Å². The number of nitro benzene ring substituents is 1. The van der Waals surface area contributed by atoms with Crippen LogP contribution in [0.3, 0.4) is 0 Å². The van der Waals surface area contributed by atoms with Gasteiger partial charge in [-0.2, -0.15) is 0 Å². The van der Waals surface area contributed by atoms with E-state index >= 15 is 0 Å². The fourth-order valence-corrected chi connectivity index (χ4v) is 6.20. The summed E-state index contributed by atoms with van der Waals surface area (Å²) in [6.45, 7) is 0. The predicted octanol–water partition coefficient (Wildman–Crippen LogP) is 3.56. The van der Waals surface area contributed by atoms with Crippen LogP contribution in [0.1, 0.15) is 12.0 Å². The van der Waals surface area contributed by atoms with Crippen molar-refractivity contribution in [3.05, 3.63) is 69.0 Å². The third-order valence-electron chi connectivity index (χ3n) is 7.20. The van der Waals surface area contributed by atoms with Crippen LogP contribution in [-0.4, -0.2) is 28.6 Å². The summed E-state index contributed by atoms with van der Waals surface area (Å²) in [6, 6.07) is 9.95. The molecule has 6 rings (SSSR count). The molecule has 2 bridgehead atoms. The number of imide groups is 1. The molecule has 0 spiro atoms. The van der Waals surface area contributed by atoms with E-state index in [0.717, 1.165) is 11.0 Å². The number of non-ortho nitro benzene ring substituents is 1. The van der Waals surface area contributed by atoms with Gasteiger partial charge in [0.25, 0.3) is 5.69 Å². The highest BCUT2D eigenvalue weighted by atomic mass is 35.5. The van der Waals surface area contributed by atoms with Crippen molar-refractivity contribution in [1.29, 1.82) is 0 Å². The monoisotopic (exact) mass is 455 g/mol. The standard InChI is InChI=1S/C22H15ClFN3O5/c23-14-7-10(4-5-15(14)24)26-21(28)16-12-8-13(17(16)22(26)29)20-18(12)19(25-32-20)9-2-1-3-11(6-9)27(30)31/h1-7,12-13,16-18,20H,8H2/t12-,13+,16+,17-,18+,20+/m0/s1. The number of carbonyl (C=O) groups is 2. The number of rotatable bonds is 3. The maximum atomic E-state index is 13.6. The van der Waals surface area contributed by atoms with Gasteiger partial charge in [-0.1, -0.05) is 28.9 Å². The molecule has 0 unspecified atom stereocenters. The van der Waals surface area contributed by atoms with E-state index in [1.54, 1.807) is 12.1 Å². The molecule has 2 aromatic rings. The van der Waals surface area contributed by atoms with Crippen LogP contribution in [-0.2, 0) is 14.4 Å². The van der Waals surface area contributed by atoms with Crippen molar-refractivity contribution < 1.29 is 23.7 Å². The van der Waals surface area contributed by atoms with Crippen molar-refractivity contribution in [3.63, 3.8) is 0 Å². The average molecular weight is 456 g/mol. The van der Waals surface area contributed by atoms with Crippen LogP contribution < -0.4 is 4.90 Å². The summed E-state index contributed by atoms with van der Waals surface area (Å²) in [4.78, 5) is 44.1. The molecule has 0 aromatic heterocycles. The van der Waals surface area contributed by atoms with Gasteiger partial charge in [-0.05, 0) is 30.5 Å². The molecule has 2 aliphatic heterocycles. The number of fused-ring (bicyclic) bond motifs is 8. The number of benzene rings is 2. The molecule has 0 N–H and O–H groups in total. The maximum absolute atomic E-state index is 13.6. The maximum Gasteiger partial charge on any atom is 0.270 e. The molecule has 1 saturated heterocycles. The van der Waals surface area contributed by atoms with Crippen molar-refractivity contribution in [2.24, 2.45) is 34.7 Å². The number of hydrogen-bond donors (Lipinski definition) is 0. The second-order valence-electron chi connectivity index (χ2n) is 8.61. The lowest BCUT2D eigenvalue weighted by Crippen LogP contribution is -2.41. The Morgan fingerprint density at radius 1 is 1.09 bits per heavy atom. The van der Waals surface area contributed by atoms with E-state index in [1.165, 1.54) is 24.3 Å². The smallest absolute Gasteiger partial charge is 0.270 e. The first kappa shape index (κ1) is 19.4. The molecule has 6 atom stereocenters. The van der Waals surface area contributed by atoms with E-state index in [-0.39, 0.29) is 52.1 Å². The average Bonchev–Trinajstić information content (AvgIpc) is 3.50. The van der Waals surface area contributed by atoms with Crippen molar-refractivity contribution in [3.8, 4) is 0 Å². The van der Waals surface area contributed by atoms with Crippen LogP contribution in [0, 0.1) is 45.5 Å². The first-order chi connectivity index (χ1) is 15.4. The zero-order valence-corrected chi connectivity index (χ0v) is 17.1. The van der Waals surface area contributed by atoms with E-state index in [2.05, 4.69) is 5.16 Å². The summed E-state index contributed by atoms with van der Waals surface area (Å²) in [7, 11) is 0. The van der Waals surface area contributed by atoms with Crippen LogP contribution in [0.5, 0.6) is 0 Å². The molecule has 2 saturated carbocycles. The van der Waals surface area contributed by atoms with Gasteiger partial charge in [0.2, 0.25) is 11.8 Å². The molecule has 2 aliphatic carbocycles. The molecule has 8 nitrogen and oxygen atoms in total. The van der Waals surface area contributed by atoms with E-state index in [9.17, 15) is 24.1 Å². The van der Waals surface area contributed by atoms with Gasteiger partial charge in [0, 0.05) is 29.5 Å². The van der Waals surface area contributed by atoms with Gasteiger partial charge in [-0.3, -0.25) is 19.7 Å². The van der Waals surface area contributed by atoms with Crippen LogP contribution in [0.25, 0.3) is 0 Å². The largest absolute Gasteiger partial charge is 0.391 e. The number of nitrogens with zero attached hydrogens (tertiary/aromatic N) is 3. The summed E-state index contributed by atoms with van der Waals surface area (Å²) >= 11 is 5.87. The quantitative estimate of drug-likeness (QED) is 0.400. The van der Waals surface area contributed by atoms with E-state index < -0.39 is 22.6 Å². The number of amides is 2. The number of anilines is 1. The molecule has 3 fully saturated rings. The SMILES string of the molecule is O=C1[C@@H]2[C@@H]3C[C@@H]([C@H]4ON=C(c5cccc([N+](=O)[O-])c5)[C@@H]34)[C@@H]2C(=O)N1c1ccc(F)c(Cl)c1. The third-order valence-corrected chi connectivity index (χ3v) is 7.49. The normalized spacial score (nSPS) is 32.1. The minimum atomic E-state index is -0.629. The molecular formula is C22H15ClFN3O5. The summed E-state index contributed by atoms with van der Waals surface area (Å²) in [6.07, 6.45) is 0.290. The van der Waals surface area contributed by atoms with Gasteiger partial charge in [0.1, 0.15) is 11.9 Å². The van der Waals surface area contributed by atoms with Crippen LogP contribution in [0.4, 0.5) is 15.8 Å². The lowest BCUT2D eigenvalue weighted by molar-refractivity contribution is -0.384. The van der Waals surface area contributed by atoms with Crippen molar-refractivity contribution in [1.82, 2.24) is 0 Å². The highest BCUT2D eigenvalue weighted by molar-refractivity contribution is 6.31. The molecule has 32 heavy (non-hydrogen) atoms. The minimum absolute atomic E-state index is 0.0545. The van der Waals surface area contributed by atoms with E-state index in [0.29, 0.717) is 17.7 Å². The molecular weight excluding hydrogens is 441 g/mol. The second-order valence-corrected chi connectivity index (χ2v) is 9.01. The zero-order chi connectivity index (χ0) is 22.3. The summed E-state index contributed by atoms with van der Waals surface area (Å²) in [5, 5.41) is 15.2. The summed E-state index contributed by atoms with van der Waals surface area (Å²) in [5.74, 6) is -2.95. The van der Waals surface area contributed by atoms with E-state index in [4.69, 9.17) is 16.4 Å². The van der Waals surface area contributed by atoms with Crippen molar-refractivity contribution in [2.75, 3.05) is 4.90 Å². The molecule has 4 aliphatic rings. The lowest BCUT2D eigenvalue weighted by Gasteiger charge is -2.29. The minimum Gasteiger partial charge on any atom is -0.391 e. The number of carbonyl (C=O) groups excluding carboxylic acids is 2. The topological polar surface area (TPSA) is 102 Å². The molecule has 2 heterocycles. The van der Waals surface area contributed by atoms with Gasteiger partial charge < -0.3 is 4.84 Å². The Morgan fingerprint density at radius 2 is 1.84 bits per heavy atom. The third kappa shape index (κ3) is 2.45. The number of halogens is 2. The Bertz CT molecular complexity index is 1250. The van der Waals surface area contributed by atoms with Crippen LogP contribution in [0.15, 0.2) is 47.6 Å². The van der Waals surface area contributed by atoms with Gasteiger partial charge in [0.05, 0.1) is 33.2 Å². The van der Waals surface area contributed by atoms with Gasteiger partial charge in [-0.25, -0.2) is 9.29 Å². The van der Waals surface area contributed by atoms with Gasteiger partial charge in [-0.15, -0.1) is 0 Å². The second kappa shape index (κ2) is 6.59. The summed E-state index contributed by atoms with van der Waals surface area (Å²) in [5.41, 5.74) is 1.35. The Hall–Kier alpha value is -3.33. The predicted molar refractivity (Wildman–Crippen MR) is 110 cm³/mol. The highest BCUT2D eigenvalue weighted by Crippen LogP contribution is 2.62. The molecule has 162 valence electrons. The molecule has 2 aromatic carbocycles. The first-order valence-corrected chi connectivity index (χ1v) is 10.6. The van der Waals surface area contributed by atoms with Crippen molar-refractivity contribution >= 4 is 40.5 Å². The van der Waals surface area contributed by atoms with Crippen LogP contribution in [0.2, 0.25) is 5.02 Å². The Kier molecular flexibility index (Phi) is 3.98. The van der Waals surface area contributed by atoms with Crippen LogP contribution >= 0.6 is 11.6 Å². The van der Waals surface area contributed by atoms with E-state index in [1.807, 2.05) is 0 Å². The molecule has 0 radical (unpaired) electrons. The number of oxime groups is 1. The molecule has 10 heteroatoms. The fraction of sp³-hybridized carbons (Fsp3) is 0.318. The molecule has 2 amide bonds. The highest BCUT2D eigenvalue weighted by Gasteiger charge is 2.70. The first-order valence-electron chi connectivity index (χ1n) is 10.2. The fourth-order valence-electron chi connectivity index (χ4n) is 6.02. The van der Waals surface area contributed by atoms with Gasteiger partial charge in [0.15, 0.2) is 0 Å². The number of hydrogen-bond acceptors (Lipinski definition) is 6. The summed E-state index contributed by atoms with van der Waals surface area (Å²) < 4.78 is 13.6. The zero-order valence-electron chi connectivity index (χ0n) is 16.4. The number of nitro groups is 1. The Labute approximate surface area is 185 Å². The Morgan fingerprint density at radius 3 is 2.56 bits per heavy atom.